The normalized spacial score (nSPS) is 10.2. The highest BCUT2D eigenvalue weighted by molar-refractivity contribution is 5.58. The molecule has 0 fully saturated rings. The zero-order chi connectivity index (χ0) is 15.2. The van der Waals surface area contributed by atoms with Crippen LogP contribution in [0.3, 0.4) is 0 Å². The molecular weight excluding hydrogens is 275 g/mol. The summed E-state index contributed by atoms with van der Waals surface area (Å²) < 4.78 is 18.3. The molecule has 0 saturated carbocycles. The first-order valence-electron chi connectivity index (χ1n) is 6.49. The van der Waals surface area contributed by atoms with Gasteiger partial charge in [0.1, 0.15) is 5.82 Å². The number of nitro benzene ring substituents is 1. The predicted octanol–water partition coefficient (Wildman–Crippen LogP) is 3.74. The van der Waals surface area contributed by atoms with Gasteiger partial charge in [0.05, 0.1) is 11.5 Å². The number of halogens is 1. The number of hydrogen-bond acceptors (Lipinski definition) is 4. The minimum absolute atomic E-state index is 0.0758. The SMILES string of the molecule is CCOc1cc(NCc2cccc(F)c2)ccc1[N+](=O)[O-]. The summed E-state index contributed by atoms with van der Waals surface area (Å²) >= 11 is 0. The van der Waals surface area contributed by atoms with Crippen LogP contribution in [0.4, 0.5) is 15.8 Å². The summed E-state index contributed by atoms with van der Waals surface area (Å²) in [6.45, 7) is 2.52. The van der Waals surface area contributed by atoms with Crippen molar-refractivity contribution in [2.45, 2.75) is 13.5 Å². The molecule has 0 aromatic heterocycles. The third-order valence-electron chi connectivity index (χ3n) is 2.84. The van der Waals surface area contributed by atoms with Gasteiger partial charge in [0.15, 0.2) is 5.75 Å². The Balaban J connectivity index is 2.13. The van der Waals surface area contributed by atoms with Gasteiger partial charge < -0.3 is 10.1 Å². The molecule has 0 saturated heterocycles. The largest absolute Gasteiger partial charge is 0.487 e. The van der Waals surface area contributed by atoms with E-state index in [2.05, 4.69) is 5.32 Å². The Labute approximate surface area is 121 Å². The third-order valence-corrected chi connectivity index (χ3v) is 2.84. The molecule has 6 heteroatoms. The number of nitrogens with zero attached hydrogens (tertiary/aromatic N) is 1. The Morgan fingerprint density at radius 2 is 2.10 bits per heavy atom. The Kier molecular flexibility index (Phi) is 4.71. The topological polar surface area (TPSA) is 64.4 Å². The zero-order valence-corrected chi connectivity index (χ0v) is 11.5. The molecule has 0 amide bonds. The second-order valence-electron chi connectivity index (χ2n) is 4.36. The molecule has 0 spiro atoms. The van der Waals surface area contributed by atoms with Crippen molar-refractivity contribution in [1.82, 2.24) is 0 Å². The molecule has 21 heavy (non-hydrogen) atoms. The molecule has 0 aliphatic heterocycles. The van der Waals surface area contributed by atoms with Gasteiger partial charge in [-0.3, -0.25) is 10.1 Å². The van der Waals surface area contributed by atoms with Crippen molar-refractivity contribution in [3.05, 3.63) is 64.0 Å². The second-order valence-corrected chi connectivity index (χ2v) is 4.36. The van der Waals surface area contributed by atoms with Crippen molar-refractivity contribution in [3.8, 4) is 5.75 Å². The molecule has 0 aliphatic rings. The minimum Gasteiger partial charge on any atom is -0.487 e. The van der Waals surface area contributed by atoms with Gasteiger partial charge in [-0.15, -0.1) is 0 Å². The van der Waals surface area contributed by atoms with E-state index in [9.17, 15) is 14.5 Å². The molecular formula is C15H15FN2O3. The quantitative estimate of drug-likeness (QED) is 0.650. The highest BCUT2D eigenvalue weighted by Crippen LogP contribution is 2.30. The summed E-state index contributed by atoms with van der Waals surface area (Å²) in [7, 11) is 0. The maximum absolute atomic E-state index is 13.1. The Hall–Kier alpha value is -2.63. The predicted molar refractivity (Wildman–Crippen MR) is 78.0 cm³/mol. The van der Waals surface area contributed by atoms with Gasteiger partial charge in [0.25, 0.3) is 0 Å². The fourth-order valence-electron chi connectivity index (χ4n) is 1.90. The first-order chi connectivity index (χ1) is 10.1. The number of nitro groups is 1. The second kappa shape index (κ2) is 6.69. The van der Waals surface area contributed by atoms with Crippen molar-refractivity contribution in [2.24, 2.45) is 0 Å². The average Bonchev–Trinajstić information content (AvgIpc) is 2.45. The Bertz CT molecular complexity index is 647. The van der Waals surface area contributed by atoms with Crippen molar-refractivity contribution in [3.63, 3.8) is 0 Å². The van der Waals surface area contributed by atoms with E-state index in [0.29, 0.717) is 18.8 Å². The van der Waals surface area contributed by atoms with Gasteiger partial charge in [-0.05, 0) is 30.7 Å². The lowest BCUT2D eigenvalue weighted by Crippen LogP contribution is -2.02. The van der Waals surface area contributed by atoms with E-state index in [0.717, 1.165) is 5.56 Å². The molecule has 0 unspecified atom stereocenters. The number of nitrogens with one attached hydrogen (secondary N) is 1. The monoisotopic (exact) mass is 290 g/mol. The van der Waals surface area contributed by atoms with Crippen molar-refractivity contribution in [1.29, 1.82) is 0 Å². The lowest BCUT2D eigenvalue weighted by atomic mass is 10.2. The van der Waals surface area contributed by atoms with Crippen LogP contribution in [-0.4, -0.2) is 11.5 Å². The van der Waals surface area contributed by atoms with Gasteiger partial charge >= 0.3 is 5.69 Å². The fraction of sp³-hybridized carbons (Fsp3) is 0.200. The number of ether oxygens (including phenoxy) is 1. The lowest BCUT2D eigenvalue weighted by molar-refractivity contribution is -0.385. The van der Waals surface area contributed by atoms with Crippen LogP contribution in [0.1, 0.15) is 12.5 Å². The molecule has 110 valence electrons. The first kappa shape index (κ1) is 14.8. The van der Waals surface area contributed by atoms with Crippen LogP contribution in [0, 0.1) is 15.9 Å². The first-order valence-corrected chi connectivity index (χ1v) is 6.49. The number of rotatable bonds is 6. The summed E-state index contributed by atoms with van der Waals surface area (Å²) in [5, 5.41) is 14.0. The van der Waals surface area contributed by atoms with E-state index in [4.69, 9.17) is 4.74 Å². The van der Waals surface area contributed by atoms with E-state index in [1.54, 1.807) is 31.2 Å². The fourth-order valence-corrected chi connectivity index (χ4v) is 1.90. The van der Waals surface area contributed by atoms with E-state index in [1.165, 1.54) is 18.2 Å². The molecule has 0 radical (unpaired) electrons. The number of benzene rings is 2. The molecule has 0 atom stereocenters. The summed E-state index contributed by atoms with van der Waals surface area (Å²) in [6, 6.07) is 10.8. The summed E-state index contributed by atoms with van der Waals surface area (Å²) in [5.41, 5.74) is 1.38. The van der Waals surface area contributed by atoms with Crippen LogP contribution < -0.4 is 10.1 Å². The summed E-state index contributed by atoms with van der Waals surface area (Å²) in [6.07, 6.45) is 0. The molecule has 0 aliphatic carbocycles. The van der Waals surface area contributed by atoms with Crippen LogP contribution in [0.25, 0.3) is 0 Å². The van der Waals surface area contributed by atoms with Crippen molar-refractivity contribution >= 4 is 11.4 Å². The summed E-state index contributed by atoms with van der Waals surface area (Å²) in [5.74, 6) is -0.0836. The molecule has 2 aromatic carbocycles. The Morgan fingerprint density at radius 3 is 2.76 bits per heavy atom. The van der Waals surface area contributed by atoms with Gasteiger partial charge in [-0.25, -0.2) is 4.39 Å². The van der Waals surface area contributed by atoms with Crippen LogP contribution in [-0.2, 0) is 6.54 Å². The van der Waals surface area contributed by atoms with Gasteiger partial charge in [0, 0.05) is 24.4 Å². The summed E-state index contributed by atoms with van der Waals surface area (Å²) in [4.78, 5) is 10.4. The van der Waals surface area contributed by atoms with Gasteiger partial charge in [0.2, 0.25) is 0 Å². The zero-order valence-electron chi connectivity index (χ0n) is 11.5. The van der Waals surface area contributed by atoms with E-state index < -0.39 is 4.92 Å². The van der Waals surface area contributed by atoms with E-state index in [-0.39, 0.29) is 17.3 Å². The third kappa shape index (κ3) is 3.92. The lowest BCUT2D eigenvalue weighted by Gasteiger charge is -2.09. The molecule has 2 rings (SSSR count). The molecule has 1 N–H and O–H groups in total. The molecule has 0 heterocycles. The van der Waals surface area contributed by atoms with Gasteiger partial charge in [-0.2, -0.15) is 0 Å². The number of hydrogen-bond donors (Lipinski definition) is 1. The Morgan fingerprint density at radius 1 is 1.29 bits per heavy atom. The van der Waals surface area contributed by atoms with Crippen LogP contribution in [0.5, 0.6) is 5.75 Å². The maximum atomic E-state index is 13.1. The smallest absolute Gasteiger partial charge is 0.311 e. The van der Waals surface area contributed by atoms with Crippen LogP contribution in [0.15, 0.2) is 42.5 Å². The van der Waals surface area contributed by atoms with Crippen LogP contribution in [0.2, 0.25) is 0 Å². The van der Waals surface area contributed by atoms with Crippen molar-refractivity contribution in [2.75, 3.05) is 11.9 Å². The molecule has 0 bridgehead atoms. The van der Waals surface area contributed by atoms with Crippen LogP contribution >= 0.6 is 0 Å². The van der Waals surface area contributed by atoms with Gasteiger partial charge in [-0.1, -0.05) is 12.1 Å². The minimum atomic E-state index is -0.485. The number of anilines is 1. The molecule has 2 aromatic rings. The molecule has 5 nitrogen and oxygen atoms in total. The van der Waals surface area contributed by atoms with E-state index in [1.807, 2.05) is 0 Å². The van der Waals surface area contributed by atoms with Crippen molar-refractivity contribution < 1.29 is 14.1 Å². The van der Waals surface area contributed by atoms with E-state index >= 15 is 0 Å². The highest BCUT2D eigenvalue weighted by atomic mass is 19.1. The maximum Gasteiger partial charge on any atom is 0.311 e. The highest BCUT2D eigenvalue weighted by Gasteiger charge is 2.15. The average molecular weight is 290 g/mol. The standard InChI is InChI=1S/C15H15FN2O3/c1-2-21-15-9-13(6-7-14(15)18(19)20)17-10-11-4-3-5-12(16)8-11/h3-9,17H,2,10H2,1H3.